The third kappa shape index (κ3) is 1.95. The molecule has 1 saturated heterocycles. The fourth-order valence-electron chi connectivity index (χ4n) is 1.17. The average Bonchev–Trinajstić information content (AvgIpc) is 1.95. The Labute approximate surface area is 61.5 Å². The number of allylic oxidation sites excluding steroid dienone is 1. The van der Waals surface area contributed by atoms with Crippen LogP contribution in [-0.4, -0.2) is 31.3 Å². The molecule has 0 aromatic heterocycles. The van der Waals surface area contributed by atoms with Crippen molar-refractivity contribution < 1.29 is 4.79 Å². The van der Waals surface area contributed by atoms with Crippen LogP contribution in [0.15, 0.2) is 11.6 Å². The standard InChI is InChI=1S/C8H13NO/c1-9-5-2-8(3-6-9)4-7-10/h4,7H,2-3,5-6H2,1H3. The summed E-state index contributed by atoms with van der Waals surface area (Å²) in [4.78, 5) is 12.3. The van der Waals surface area contributed by atoms with Crippen LogP contribution in [0.25, 0.3) is 0 Å². The number of hydrogen-bond acceptors (Lipinski definition) is 2. The molecule has 1 heterocycles. The average molecular weight is 139 g/mol. The number of piperidine rings is 1. The lowest BCUT2D eigenvalue weighted by Crippen LogP contribution is -2.26. The second-order valence-corrected chi connectivity index (χ2v) is 2.76. The lowest BCUT2D eigenvalue weighted by atomic mass is 10.0. The predicted octanol–water partition coefficient (Wildman–Crippen LogP) is 0.837. The first-order chi connectivity index (χ1) is 4.83. The van der Waals surface area contributed by atoms with Gasteiger partial charge < -0.3 is 4.90 Å². The fourth-order valence-corrected chi connectivity index (χ4v) is 1.17. The number of hydrogen-bond donors (Lipinski definition) is 0. The van der Waals surface area contributed by atoms with Gasteiger partial charge in [-0.05, 0) is 26.0 Å². The van der Waals surface area contributed by atoms with Crippen molar-refractivity contribution >= 4 is 6.29 Å². The summed E-state index contributed by atoms with van der Waals surface area (Å²) in [5.74, 6) is 0. The topological polar surface area (TPSA) is 20.3 Å². The molecule has 2 nitrogen and oxygen atoms in total. The van der Waals surface area contributed by atoms with Crippen LogP contribution in [-0.2, 0) is 4.79 Å². The molecular formula is C8H13NO. The largest absolute Gasteiger partial charge is 0.306 e. The van der Waals surface area contributed by atoms with E-state index in [0.717, 1.165) is 32.2 Å². The van der Waals surface area contributed by atoms with Crippen LogP contribution >= 0.6 is 0 Å². The number of carbonyl (C=O) groups is 1. The van der Waals surface area contributed by atoms with Gasteiger partial charge in [0.15, 0.2) is 0 Å². The van der Waals surface area contributed by atoms with E-state index in [4.69, 9.17) is 0 Å². The van der Waals surface area contributed by atoms with Crippen molar-refractivity contribution in [3.05, 3.63) is 11.6 Å². The van der Waals surface area contributed by atoms with Crippen LogP contribution in [0.2, 0.25) is 0 Å². The summed E-state index contributed by atoms with van der Waals surface area (Å²) in [6, 6.07) is 0. The van der Waals surface area contributed by atoms with E-state index in [2.05, 4.69) is 11.9 Å². The first-order valence-electron chi connectivity index (χ1n) is 3.64. The highest BCUT2D eigenvalue weighted by Crippen LogP contribution is 2.13. The predicted molar refractivity (Wildman–Crippen MR) is 40.9 cm³/mol. The Morgan fingerprint density at radius 1 is 1.40 bits per heavy atom. The zero-order chi connectivity index (χ0) is 7.40. The lowest BCUT2D eigenvalue weighted by molar-refractivity contribution is -0.104. The number of carbonyl (C=O) groups excluding carboxylic acids is 1. The van der Waals surface area contributed by atoms with Gasteiger partial charge in [0.2, 0.25) is 0 Å². The molecule has 0 amide bonds. The maximum absolute atomic E-state index is 10.1. The first-order valence-corrected chi connectivity index (χ1v) is 3.64. The van der Waals surface area contributed by atoms with E-state index in [1.165, 1.54) is 5.57 Å². The van der Waals surface area contributed by atoms with E-state index in [9.17, 15) is 4.79 Å². The SMILES string of the molecule is CN1CCC(=CC=O)CC1. The highest BCUT2D eigenvalue weighted by Gasteiger charge is 2.08. The maximum Gasteiger partial charge on any atom is 0.142 e. The molecule has 0 aliphatic carbocycles. The van der Waals surface area contributed by atoms with Crippen LogP contribution in [0.5, 0.6) is 0 Å². The van der Waals surface area contributed by atoms with Crippen LogP contribution in [0.1, 0.15) is 12.8 Å². The Bertz CT molecular complexity index is 141. The summed E-state index contributed by atoms with van der Waals surface area (Å²) < 4.78 is 0. The molecule has 1 fully saturated rings. The maximum atomic E-state index is 10.1. The van der Waals surface area contributed by atoms with Crippen LogP contribution in [0.3, 0.4) is 0 Å². The molecule has 1 rings (SSSR count). The molecule has 1 aliphatic rings. The van der Waals surface area contributed by atoms with E-state index in [1.54, 1.807) is 6.08 Å². The summed E-state index contributed by atoms with van der Waals surface area (Å²) in [5, 5.41) is 0. The van der Waals surface area contributed by atoms with Crippen molar-refractivity contribution in [2.75, 3.05) is 20.1 Å². The fraction of sp³-hybridized carbons (Fsp3) is 0.625. The van der Waals surface area contributed by atoms with Gasteiger partial charge in [-0.25, -0.2) is 0 Å². The monoisotopic (exact) mass is 139 g/mol. The van der Waals surface area contributed by atoms with Crippen LogP contribution in [0.4, 0.5) is 0 Å². The Morgan fingerprint density at radius 3 is 2.50 bits per heavy atom. The summed E-state index contributed by atoms with van der Waals surface area (Å²) in [6.45, 7) is 2.19. The molecule has 0 unspecified atom stereocenters. The molecule has 0 aromatic carbocycles. The summed E-state index contributed by atoms with van der Waals surface area (Å²) in [7, 11) is 2.11. The van der Waals surface area contributed by atoms with Gasteiger partial charge in [-0.3, -0.25) is 4.79 Å². The first kappa shape index (κ1) is 7.48. The molecule has 56 valence electrons. The zero-order valence-corrected chi connectivity index (χ0v) is 6.34. The highest BCUT2D eigenvalue weighted by atomic mass is 16.1. The summed E-state index contributed by atoms with van der Waals surface area (Å²) in [6.07, 6.45) is 4.72. The third-order valence-corrected chi connectivity index (χ3v) is 1.93. The molecule has 0 radical (unpaired) electrons. The van der Waals surface area contributed by atoms with E-state index >= 15 is 0 Å². The Morgan fingerprint density at radius 2 is 2.00 bits per heavy atom. The second kappa shape index (κ2) is 3.52. The molecule has 0 atom stereocenters. The number of aldehydes is 1. The molecule has 2 heteroatoms. The van der Waals surface area contributed by atoms with Gasteiger partial charge in [-0.1, -0.05) is 5.57 Å². The quantitative estimate of drug-likeness (QED) is 0.396. The van der Waals surface area contributed by atoms with Crippen molar-refractivity contribution in [3.63, 3.8) is 0 Å². The molecule has 0 N–H and O–H groups in total. The molecule has 0 bridgehead atoms. The number of rotatable bonds is 1. The van der Waals surface area contributed by atoms with Gasteiger partial charge in [-0.15, -0.1) is 0 Å². The van der Waals surface area contributed by atoms with Gasteiger partial charge >= 0.3 is 0 Å². The van der Waals surface area contributed by atoms with Crippen molar-refractivity contribution in [2.24, 2.45) is 0 Å². The third-order valence-electron chi connectivity index (χ3n) is 1.93. The normalized spacial score (nSPS) is 20.7. The Balaban J connectivity index is 2.39. The van der Waals surface area contributed by atoms with Gasteiger partial charge in [0.1, 0.15) is 6.29 Å². The van der Waals surface area contributed by atoms with Crippen molar-refractivity contribution in [2.45, 2.75) is 12.8 Å². The molecule has 10 heavy (non-hydrogen) atoms. The minimum atomic E-state index is 0.890. The number of nitrogens with zero attached hydrogens (tertiary/aromatic N) is 1. The molecule has 0 aromatic rings. The zero-order valence-electron chi connectivity index (χ0n) is 6.34. The molecular weight excluding hydrogens is 126 g/mol. The second-order valence-electron chi connectivity index (χ2n) is 2.76. The van der Waals surface area contributed by atoms with Gasteiger partial charge in [0.05, 0.1) is 0 Å². The summed E-state index contributed by atoms with van der Waals surface area (Å²) in [5.41, 5.74) is 1.30. The van der Waals surface area contributed by atoms with Crippen LogP contribution < -0.4 is 0 Å². The van der Waals surface area contributed by atoms with Gasteiger partial charge in [0.25, 0.3) is 0 Å². The summed E-state index contributed by atoms with van der Waals surface area (Å²) >= 11 is 0. The molecule has 0 saturated carbocycles. The van der Waals surface area contributed by atoms with Crippen molar-refractivity contribution in [3.8, 4) is 0 Å². The highest BCUT2D eigenvalue weighted by molar-refractivity contribution is 5.66. The van der Waals surface area contributed by atoms with Gasteiger partial charge in [-0.2, -0.15) is 0 Å². The minimum Gasteiger partial charge on any atom is -0.306 e. The van der Waals surface area contributed by atoms with E-state index < -0.39 is 0 Å². The lowest BCUT2D eigenvalue weighted by Gasteiger charge is -2.23. The Kier molecular flexibility index (Phi) is 2.63. The van der Waals surface area contributed by atoms with E-state index in [0.29, 0.717) is 0 Å². The van der Waals surface area contributed by atoms with Gasteiger partial charge in [0, 0.05) is 13.1 Å². The van der Waals surface area contributed by atoms with Crippen LogP contribution in [0, 0.1) is 0 Å². The van der Waals surface area contributed by atoms with Crippen molar-refractivity contribution in [1.82, 2.24) is 4.90 Å². The number of likely N-dealkylation sites (tertiary alicyclic amines) is 1. The van der Waals surface area contributed by atoms with E-state index in [-0.39, 0.29) is 0 Å². The minimum absolute atomic E-state index is 0.890. The van der Waals surface area contributed by atoms with Crippen molar-refractivity contribution in [1.29, 1.82) is 0 Å². The molecule has 0 spiro atoms. The smallest absolute Gasteiger partial charge is 0.142 e. The Hall–Kier alpha value is -0.630. The van der Waals surface area contributed by atoms with E-state index in [1.807, 2.05) is 0 Å². The molecule has 1 aliphatic heterocycles.